The molecule has 20 heavy (non-hydrogen) atoms. The number of benzene rings is 2. The first kappa shape index (κ1) is 11.9. The molecule has 1 aromatic heterocycles. The molecule has 0 bridgehead atoms. The Bertz CT molecular complexity index is 870. The predicted molar refractivity (Wildman–Crippen MR) is 85.2 cm³/mol. The Kier molecular flexibility index (Phi) is 2.57. The van der Waals surface area contributed by atoms with E-state index in [4.69, 9.17) is 12.2 Å². The molecule has 1 aliphatic carbocycles. The van der Waals surface area contributed by atoms with E-state index in [1.165, 1.54) is 41.6 Å². The number of aryl methyl sites for hydroxylation is 3. The maximum Gasteiger partial charge on any atom is 0.182 e. The average Bonchev–Trinajstić information content (AvgIpc) is 3.00. The van der Waals surface area contributed by atoms with Gasteiger partial charge in [-0.3, -0.25) is 4.57 Å². The van der Waals surface area contributed by atoms with E-state index in [-0.39, 0.29) is 0 Å². The molecule has 0 atom stereocenters. The zero-order valence-electron chi connectivity index (χ0n) is 11.4. The molecule has 0 amide bonds. The van der Waals surface area contributed by atoms with Crippen LogP contribution in [-0.4, -0.2) is 9.55 Å². The van der Waals surface area contributed by atoms with Crippen LogP contribution in [0, 0.1) is 11.7 Å². The van der Waals surface area contributed by atoms with Crippen LogP contribution in [0.15, 0.2) is 36.4 Å². The molecule has 1 N–H and O–H groups in total. The quantitative estimate of drug-likeness (QED) is 0.652. The summed E-state index contributed by atoms with van der Waals surface area (Å²) in [6.45, 7) is 2.11. The van der Waals surface area contributed by atoms with Crippen molar-refractivity contribution in [2.75, 3.05) is 0 Å². The van der Waals surface area contributed by atoms with Crippen molar-refractivity contribution in [3.8, 4) is 5.69 Å². The minimum atomic E-state index is 0.767. The van der Waals surface area contributed by atoms with E-state index in [1.807, 2.05) is 0 Å². The number of hydrogen-bond donors (Lipinski definition) is 1. The lowest BCUT2D eigenvalue weighted by atomic mass is 10.1. The number of rotatable bonds is 1. The topological polar surface area (TPSA) is 20.7 Å². The van der Waals surface area contributed by atoms with Gasteiger partial charge in [0.05, 0.1) is 11.0 Å². The van der Waals surface area contributed by atoms with Gasteiger partial charge in [-0.1, -0.05) is 12.1 Å². The maximum absolute atomic E-state index is 5.51. The fourth-order valence-corrected chi connectivity index (χ4v) is 3.48. The van der Waals surface area contributed by atoms with Gasteiger partial charge in [0.1, 0.15) is 0 Å². The molecule has 2 nitrogen and oxygen atoms in total. The summed E-state index contributed by atoms with van der Waals surface area (Å²) < 4.78 is 2.92. The third-order valence-corrected chi connectivity index (χ3v) is 4.46. The zero-order valence-corrected chi connectivity index (χ0v) is 12.3. The molecular weight excluding hydrogens is 264 g/mol. The zero-order chi connectivity index (χ0) is 13.7. The summed E-state index contributed by atoms with van der Waals surface area (Å²) in [5, 5.41) is 0. The monoisotopic (exact) mass is 280 g/mol. The molecule has 3 aromatic rings. The number of nitrogens with zero attached hydrogens (tertiary/aromatic N) is 1. The first-order chi connectivity index (χ1) is 9.72. The van der Waals surface area contributed by atoms with Crippen molar-refractivity contribution in [1.82, 2.24) is 9.55 Å². The van der Waals surface area contributed by atoms with Crippen molar-refractivity contribution in [1.29, 1.82) is 0 Å². The molecule has 4 rings (SSSR count). The molecule has 0 unspecified atom stereocenters. The van der Waals surface area contributed by atoms with Gasteiger partial charge in [-0.2, -0.15) is 0 Å². The third kappa shape index (κ3) is 1.74. The second-order valence-electron chi connectivity index (χ2n) is 5.59. The van der Waals surface area contributed by atoms with Gasteiger partial charge in [0.25, 0.3) is 0 Å². The van der Waals surface area contributed by atoms with Gasteiger partial charge in [-0.05, 0) is 79.4 Å². The Morgan fingerprint density at radius 3 is 2.80 bits per heavy atom. The van der Waals surface area contributed by atoms with Gasteiger partial charge < -0.3 is 4.98 Å². The first-order valence-corrected chi connectivity index (χ1v) is 7.47. The van der Waals surface area contributed by atoms with Gasteiger partial charge in [-0.15, -0.1) is 0 Å². The number of H-pyrrole nitrogens is 1. The summed E-state index contributed by atoms with van der Waals surface area (Å²) in [5.74, 6) is 0. The van der Waals surface area contributed by atoms with Gasteiger partial charge in [-0.25, -0.2) is 0 Å². The largest absolute Gasteiger partial charge is 0.330 e. The minimum Gasteiger partial charge on any atom is -0.330 e. The second kappa shape index (κ2) is 4.32. The molecule has 0 spiro atoms. The maximum atomic E-state index is 5.51. The second-order valence-corrected chi connectivity index (χ2v) is 5.98. The normalized spacial score (nSPS) is 13.8. The van der Waals surface area contributed by atoms with E-state index in [0.717, 1.165) is 15.8 Å². The Balaban J connectivity index is 2.00. The molecule has 0 saturated heterocycles. The van der Waals surface area contributed by atoms with Crippen LogP contribution in [0.4, 0.5) is 0 Å². The molecule has 1 heterocycles. The van der Waals surface area contributed by atoms with E-state index in [1.54, 1.807) is 0 Å². The summed E-state index contributed by atoms with van der Waals surface area (Å²) in [7, 11) is 0. The van der Waals surface area contributed by atoms with Crippen LogP contribution in [0.1, 0.15) is 23.1 Å². The summed E-state index contributed by atoms with van der Waals surface area (Å²) in [6, 6.07) is 13.2. The lowest BCUT2D eigenvalue weighted by Crippen LogP contribution is -1.96. The van der Waals surface area contributed by atoms with Crippen LogP contribution < -0.4 is 0 Å². The van der Waals surface area contributed by atoms with Gasteiger partial charge in [0.2, 0.25) is 0 Å². The molecule has 3 heteroatoms. The van der Waals surface area contributed by atoms with Gasteiger partial charge in [0, 0.05) is 5.69 Å². The molecule has 2 aromatic carbocycles. The van der Waals surface area contributed by atoms with E-state index in [0.29, 0.717) is 0 Å². The lowest BCUT2D eigenvalue weighted by Gasteiger charge is -2.08. The van der Waals surface area contributed by atoms with Crippen molar-refractivity contribution >= 4 is 23.3 Å². The SMILES string of the molecule is Cc1ccc2[nH]c(=S)n(-c3ccc4c(c3)CCC4)c2c1. The van der Waals surface area contributed by atoms with Crippen molar-refractivity contribution in [2.45, 2.75) is 26.2 Å². The highest BCUT2D eigenvalue weighted by atomic mass is 32.1. The number of aromatic nitrogens is 2. The standard InChI is InChI=1S/C17H16N2S/c1-11-5-8-15-16(9-11)19(17(20)18-15)14-7-6-12-3-2-4-13(12)10-14/h5-10H,2-4H2,1H3,(H,18,20). The first-order valence-electron chi connectivity index (χ1n) is 7.06. The van der Waals surface area contributed by atoms with Crippen LogP contribution in [0.2, 0.25) is 0 Å². The van der Waals surface area contributed by atoms with Crippen LogP contribution in [-0.2, 0) is 12.8 Å². The van der Waals surface area contributed by atoms with Crippen molar-refractivity contribution in [3.05, 3.63) is 57.9 Å². The number of aromatic amines is 1. The Hall–Kier alpha value is -1.87. The highest BCUT2D eigenvalue weighted by Crippen LogP contribution is 2.27. The van der Waals surface area contributed by atoms with Gasteiger partial charge >= 0.3 is 0 Å². The Morgan fingerprint density at radius 2 is 1.90 bits per heavy atom. The summed E-state index contributed by atoms with van der Waals surface area (Å²) in [6.07, 6.45) is 3.68. The van der Waals surface area contributed by atoms with Crippen LogP contribution in [0.25, 0.3) is 16.7 Å². The van der Waals surface area contributed by atoms with Crippen molar-refractivity contribution in [2.24, 2.45) is 0 Å². The average molecular weight is 280 g/mol. The molecular formula is C17H16N2S. The molecule has 0 radical (unpaired) electrons. The van der Waals surface area contributed by atoms with Crippen molar-refractivity contribution < 1.29 is 0 Å². The van der Waals surface area contributed by atoms with Crippen molar-refractivity contribution in [3.63, 3.8) is 0 Å². The van der Waals surface area contributed by atoms with Gasteiger partial charge in [0.15, 0.2) is 4.77 Å². The summed E-state index contributed by atoms with van der Waals surface area (Å²) in [5.41, 5.74) is 7.66. The van der Waals surface area contributed by atoms with Crippen LogP contribution >= 0.6 is 12.2 Å². The highest BCUT2D eigenvalue weighted by Gasteiger charge is 2.13. The number of fused-ring (bicyclic) bond motifs is 2. The highest BCUT2D eigenvalue weighted by molar-refractivity contribution is 7.71. The number of imidazole rings is 1. The predicted octanol–water partition coefficient (Wildman–Crippen LogP) is 4.49. The fraction of sp³-hybridized carbons (Fsp3) is 0.235. The number of nitrogens with one attached hydrogen (secondary N) is 1. The lowest BCUT2D eigenvalue weighted by molar-refractivity contribution is 0.911. The van der Waals surface area contributed by atoms with Crippen LogP contribution in [0.5, 0.6) is 0 Å². The van der Waals surface area contributed by atoms with E-state index < -0.39 is 0 Å². The van der Waals surface area contributed by atoms with Crippen LogP contribution in [0.3, 0.4) is 0 Å². The summed E-state index contributed by atoms with van der Waals surface area (Å²) in [4.78, 5) is 3.30. The van der Waals surface area contributed by atoms with E-state index >= 15 is 0 Å². The summed E-state index contributed by atoms with van der Waals surface area (Å²) >= 11 is 5.51. The fourth-order valence-electron chi connectivity index (χ4n) is 3.17. The smallest absolute Gasteiger partial charge is 0.182 e. The molecule has 100 valence electrons. The Labute approximate surface area is 123 Å². The third-order valence-electron chi connectivity index (χ3n) is 4.18. The molecule has 0 aliphatic heterocycles. The molecule has 0 fully saturated rings. The van der Waals surface area contributed by atoms with E-state index in [2.05, 4.69) is 52.9 Å². The molecule has 1 aliphatic rings. The minimum absolute atomic E-state index is 0.767. The Morgan fingerprint density at radius 1 is 1.05 bits per heavy atom. The molecule has 0 saturated carbocycles. The van der Waals surface area contributed by atoms with E-state index in [9.17, 15) is 0 Å². The number of hydrogen-bond acceptors (Lipinski definition) is 1.